The normalized spacial score (nSPS) is 15.2. The number of hydrogen-bond donors (Lipinski definition) is 2. The third kappa shape index (κ3) is 6.20. The van der Waals surface area contributed by atoms with E-state index in [1.54, 1.807) is 7.11 Å². The molecule has 0 aliphatic carbocycles. The molecule has 2 aromatic rings. The summed E-state index contributed by atoms with van der Waals surface area (Å²) < 4.78 is 11.4. The van der Waals surface area contributed by atoms with Gasteiger partial charge in [-0.05, 0) is 56.1 Å². The van der Waals surface area contributed by atoms with E-state index in [1.165, 1.54) is 5.56 Å². The van der Waals surface area contributed by atoms with Gasteiger partial charge in [-0.3, -0.25) is 4.79 Å². The van der Waals surface area contributed by atoms with Gasteiger partial charge in [-0.1, -0.05) is 36.4 Å². The van der Waals surface area contributed by atoms with Crippen LogP contribution in [0.3, 0.4) is 0 Å². The van der Waals surface area contributed by atoms with Gasteiger partial charge in [0, 0.05) is 19.1 Å². The molecule has 2 aromatic carbocycles. The van der Waals surface area contributed by atoms with Crippen molar-refractivity contribution in [2.45, 2.75) is 26.4 Å². The van der Waals surface area contributed by atoms with E-state index in [9.17, 15) is 4.79 Å². The number of benzene rings is 2. The van der Waals surface area contributed by atoms with Crippen molar-refractivity contribution in [3.8, 4) is 5.75 Å². The number of nitrogens with one attached hydrogen (secondary N) is 2. The molecule has 0 saturated carbocycles. The van der Waals surface area contributed by atoms with E-state index >= 15 is 0 Å². The van der Waals surface area contributed by atoms with Crippen molar-refractivity contribution in [2.75, 3.05) is 33.4 Å². The lowest BCUT2D eigenvalue weighted by molar-refractivity contribution is 0.0511. The molecule has 158 valence electrons. The third-order valence-electron chi connectivity index (χ3n) is 5.51. The maximum atomic E-state index is 12.9. The summed E-state index contributed by atoms with van der Waals surface area (Å²) in [6, 6.07) is 15.5. The fourth-order valence-electron chi connectivity index (χ4n) is 3.71. The fraction of sp³-hybridized carbons (Fsp3) is 0.435. The van der Waals surface area contributed by atoms with Gasteiger partial charge in [-0.15, -0.1) is 12.4 Å². The monoisotopic (exact) mass is 418 g/mol. The standard InChI is InChI=1S/C23H30N2O3.ClH/c1-18-7-3-4-8-19(18)15-28-21-10-6-5-9-20(21)22(26)25-16-23(17-27-2)11-13-24-14-12-23;/h3-10,24H,11-17H2,1-2H3,(H,25,26);1H. The summed E-state index contributed by atoms with van der Waals surface area (Å²) in [5.74, 6) is 0.503. The number of ether oxygens (including phenoxy) is 2. The molecule has 1 heterocycles. The van der Waals surface area contributed by atoms with Crippen LogP contribution in [0, 0.1) is 12.3 Å². The van der Waals surface area contributed by atoms with Gasteiger partial charge in [0.25, 0.3) is 5.91 Å². The Morgan fingerprint density at radius 2 is 1.79 bits per heavy atom. The van der Waals surface area contributed by atoms with Crippen molar-refractivity contribution >= 4 is 18.3 Å². The maximum Gasteiger partial charge on any atom is 0.255 e. The summed E-state index contributed by atoms with van der Waals surface area (Å²) in [5, 5.41) is 6.49. The van der Waals surface area contributed by atoms with Gasteiger partial charge in [0.15, 0.2) is 0 Å². The summed E-state index contributed by atoms with van der Waals surface area (Å²) in [7, 11) is 1.72. The highest BCUT2D eigenvalue weighted by atomic mass is 35.5. The van der Waals surface area contributed by atoms with Crippen molar-refractivity contribution in [1.82, 2.24) is 10.6 Å². The first-order valence-corrected chi connectivity index (χ1v) is 9.88. The highest BCUT2D eigenvalue weighted by Gasteiger charge is 2.32. The maximum absolute atomic E-state index is 12.9. The largest absolute Gasteiger partial charge is 0.488 e. The average molecular weight is 419 g/mol. The molecule has 0 radical (unpaired) electrons. The number of hydrogen-bond acceptors (Lipinski definition) is 4. The molecule has 1 fully saturated rings. The van der Waals surface area contributed by atoms with Crippen LogP contribution in [-0.2, 0) is 11.3 Å². The molecule has 1 amide bonds. The van der Waals surface area contributed by atoms with Crippen LogP contribution >= 0.6 is 12.4 Å². The Balaban J connectivity index is 0.00000300. The first-order chi connectivity index (χ1) is 13.6. The van der Waals surface area contributed by atoms with Crippen LogP contribution in [0.5, 0.6) is 5.75 Å². The second-order valence-corrected chi connectivity index (χ2v) is 7.58. The Hall–Kier alpha value is -2.08. The summed E-state index contributed by atoms with van der Waals surface area (Å²) in [6.45, 7) is 5.67. The van der Waals surface area contributed by atoms with Gasteiger partial charge in [0.2, 0.25) is 0 Å². The van der Waals surface area contributed by atoms with Crippen molar-refractivity contribution in [3.05, 3.63) is 65.2 Å². The van der Waals surface area contributed by atoms with Crippen LogP contribution in [0.25, 0.3) is 0 Å². The zero-order chi connectivity index (χ0) is 19.8. The van der Waals surface area contributed by atoms with Gasteiger partial charge in [-0.25, -0.2) is 0 Å². The van der Waals surface area contributed by atoms with Crippen LogP contribution in [0.1, 0.15) is 34.3 Å². The molecule has 0 aromatic heterocycles. The molecule has 2 N–H and O–H groups in total. The van der Waals surface area contributed by atoms with Crippen molar-refractivity contribution < 1.29 is 14.3 Å². The lowest BCUT2D eigenvalue weighted by Crippen LogP contribution is -2.47. The number of rotatable bonds is 8. The highest BCUT2D eigenvalue weighted by Crippen LogP contribution is 2.29. The van der Waals surface area contributed by atoms with Gasteiger partial charge < -0.3 is 20.1 Å². The summed E-state index contributed by atoms with van der Waals surface area (Å²) in [5.41, 5.74) is 2.85. The van der Waals surface area contributed by atoms with E-state index < -0.39 is 0 Å². The molecule has 5 nitrogen and oxygen atoms in total. The van der Waals surface area contributed by atoms with Crippen molar-refractivity contribution in [3.63, 3.8) is 0 Å². The van der Waals surface area contributed by atoms with Gasteiger partial charge in [-0.2, -0.15) is 0 Å². The van der Waals surface area contributed by atoms with Crippen LogP contribution in [-0.4, -0.2) is 39.3 Å². The molecular weight excluding hydrogens is 388 g/mol. The molecular formula is C23H31ClN2O3. The molecule has 29 heavy (non-hydrogen) atoms. The number of methoxy groups -OCH3 is 1. The number of piperidine rings is 1. The topological polar surface area (TPSA) is 59.6 Å². The Morgan fingerprint density at radius 1 is 1.10 bits per heavy atom. The minimum Gasteiger partial charge on any atom is -0.488 e. The zero-order valence-electron chi connectivity index (χ0n) is 17.2. The molecule has 3 rings (SSSR count). The molecule has 1 aliphatic heterocycles. The predicted octanol–water partition coefficient (Wildman–Crippen LogP) is 3.74. The van der Waals surface area contributed by atoms with Crippen LogP contribution in [0.15, 0.2) is 48.5 Å². The second-order valence-electron chi connectivity index (χ2n) is 7.58. The van der Waals surface area contributed by atoms with Crippen LogP contribution in [0.2, 0.25) is 0 Å². The molecule has 6 heteroatoms. The minimum absolute atomic E-state index is 0. The molecule has 0 atom stereocenters. The molecule has 0 bridgehead atoms. The number of halogens is 1. The predicted molar refractivity (Wildman–Crippen MR) is 118 cm³/mol. The first kappa shape index (κ1) is 23.2. The molecule has 1 saturated heterocycles. The van der Waals surface area contributed by atoms with Crippen LogP contribution in [0.4, 0.5) is 0 Å². The van der Waals surface area contributed by atoms with E-state index in [-0.39, 0.29) is 23.7 Å². The number of carbonyl (C=O) groups is 1. The average Bonchev–Trinajstić information content (AvgIpc) is 2.73. The SMILES string of the molecule is COCC1(CNC(=O)c2ccccc2OCc2ccccc2C)CCNCC1.Cl. The van der Waals surface area contributed by atoms with E-state index in [0.29, 0.717) is 31.1 Å². The third-order valence-corrected chi connectivity index (χ3v) is 5.51. The van der Waals surface area contributed by atoms with Gasteiger partial charge >= 0.3 is 0 Å². The fourth-order valence-corrected chi connectivity index (χ4v) is 3.71. The smallest absolute Gasteiger partial charge is 0.255 e. The van der Waals surface area contributed by atoms with Crippen LogP contribution < -0.4 is 15.4 Å². The number of aryl methyl sites for hydroxylation is 1. The second kappa shape index (κ2) is 11.2. The molecule has 0 spiro atoms. The quantitative estimate of drug-likeness (QED) is 0.685. The zero-order valence-corrected chi connectivity index (χ0v) is 18.0. The van der Waals surface area contributed by atoms with Gasteiger partial charge in [0.1, 0.15) is 12.4 Å². The minimum atomic E-state index is -0.102. The molecule has 0 unspecified atom stereocenters. The first-order valence-electron chi connectivity index (χ1n) is 9.88. The summed E-state index contributed by atoms with van der Waals surface area (Å²) >= 11 is 0. The molecule has 1 aliphatic rings. The Labute approximate surface area is 179 Å². The Bertz CT molecular complexity index is 786. The van der Waals surface area contributed by atoms with Gasteiger partial charge in [0.05, 0.1) is 12.2 Å². The van der Waals surface area contributed by atoms with Crippen molar-refractivity contribution in [2.24, 2.45) is 5.41 Å². The van der Waals surface area contributed by atoms with E-state index in [1.807, 2.05) is 42.5 Å². The van der Waals surface area contributed by atoms with E-state index in [0.717, 1.165) is 31.5 Å². The summed E-state index contributed by atoms with van der Waals surface area (Å²) in [6.07, 6.45) is 1.99. The highest BCUT2D eigenvalue weighted by molar-refractivity contribution is 5.96. The lowest BCUT2D eigenvalue weighted by atomic mass is 9.79. The lowest BCUT2D eigenvalue weighted by Gasteiger charge is -2.37. The number of para-hydroxylation sites is 1. The Kier molecular flexibility index (Phi) is 8.96. The number of amides is 1. The number of carbonyl (C=O) groups excluding carboxylic acids is 1. The van der Waals surface area contributed by atoms with Crippen molar-refractivity contribution in [1.29, 1.82) is 0 Å². The summed E-state index contributed by atoms with van der Waals surface area (Å²) in [4.78, 5) is 12.9. The van der Waals surface area contributed by atoms with E-state index in [2.05, 4.69) is 23.6 Å². The Morgan fingerprint density at radius 3 is 2.52 bits per heavy atom. The van der Waals surface area contributed by atoms with E-state index in [4.69, 9.17) is 9.47 Å².